The maximum Gasteiger partial charge on any atom is 0.387 e. The van der Waals surface area contributed by atoms with Gasteiger partial charge in [-0.3, -0.25) is 4.79 Å². The van der Waals surface area contributed by atoms with Gasteiger partial charge in [-0.05, 0) is 36.3 Å². The van der Waals surface area contributed by atoms with Gasteiger partial charge in [0.15, 0.2) is 0 Å². The zero-order chi connectivity index (χ0) is 21.3. The van der Waals surface area contributed by atoms with Crippen LogP contribution < -0.4 is 10.3 Å². The highest BCUT2D eigenvalue weighted by Gasteiger charge is 2.51. The Bertz CT molecular complexity index is 978. The van der Waals surface area contributed by atoms with Crippen molar-refractivity contribution in [3.8, 4) is 0 Å². The first-order valence-corrected chi connectivity index (χ1v) is 10.2. The summed E-state index contributed by atoms with van der Waals surface area (Å²) in [5, 5.41) is 0. The van der Waals surface area contributed by atoms with Crippen LogP contribution in [0.3, 0.4) is 0 Å². The van der Waals surface area contributed by atoms with E-state index in [0.717, 1.165) is 28.5 Å². The summed E-state index contributed by atoms with van der Waals surface area (Å²) in [6, 6.07) is 19.4. The summed E-state index contributed by atoms with van der Waals surface area (Å²) in [5.74, 6) is 0.101. The van der Waals surface area contributed by atoms with Crippen LogP contribution in [0.2, 0.25) is 0 Å². The molecular weight excluding hydrogens is 384 g/mol. The van der Waals surface area contributed by atoms with E-state index in [9.17, 15) is 13.6 Å². The monoisotopic (exact) mass is 410 g/mol. The lowest BCUT2D eigenvalue weighted by molar-refractivity contribution is -0.727. The molecule has 0 radical (unpaired) electrons. The molecule has 0 bridgehead atoms. The number of alkyl halides is 2. The molecule has 30 heavy (non-hydrogen) atoms. The number of halogens is 2. The van der Waals surface area contributed by atoms with Crippen LogP contribution in [0.15, 0.2) is 73.1 Å². The Morgan fingerprint density at radius 1 is 1.07 bits per heavy atom. The number of amides is 1. The van der Waals surface area contributed by atoms with Crippen LogP contribution in [-0.2, 0) is 10.2 Å². The Morgan fingerprint density at radius 2 is 1.63 bits per heavy atom. The van der Waals surface area contributed by atoms with Gasteiger partial charge in [0.1, 0.15) is 23.9 Å². The lowest BCUT2D eigenvalue weighted by atomic mass is 9.64. The fourth-order valence-corrected chi connectivity index (χ4v) is 5.21. The average molecular weight is 410 g/mol. The molecular formula is C24H26F2N3O+. The van der Waals surface area contributed by atoms with Crippen molar-refractivity contribution in [2.24, 2.45) is 11.7 Å². The van der Waals surface area contributed by atoms with E-state index in [1.54, 1.807) is 13.1 Å². The predicted molar refractivity (Wildman–Crippen MR) is 110 cm³/mol. The number of carbonyl (C=O) groups excluding carboxylic acids is 1. The number of nitrogens with two attached hydrogens (primary N) is 1. The van der Waals surface area contributed by atoms with Crippen molar-refractivity contribution < 1.29 is 18.1 Å². The van der Waals surface area contributed by atoms with Crippen molar-refractivity contribution >= 4 is 5.91 Å². The molecule has 0 aliphatic heterocycles. The number of hydrogen-bond donors (Lipinski definition) is 1. The second-order valence-electron chi connectivity index (χ2n) is 8.01. The minimum absolute atomic E-state index is 0.0356. The van der Waals surface area contributed by atoms with Gasteiger partial charge in [-0.2, -0.15) is 13.3 Å². The lowest BCUT2D eigenvalue weighted by Crippen LogP contribution is -2.48. The maximum absolute atomic E-state index is 13.2. The Kier molecular flexibility index (Phi) is 5.41. The van der Waals surface area contributed by atoms with Crippen molar-refractivity contribution in [2.75, 3.05) is 0 Å². The van der Waals surface area contributed by atoms with Gasteiger partial charge in [0, 0.05) is 6.92 Å². The van der Waals surface area contributed by atoms with Crippen molar-refractivity contribution in [3.63, 3.8) is 0 Å². The number of primary amides is 1. The number of rotatable bonds is 6. The van der Waals surface area contributed by atoms with Crippen LogP contribution >= 0.6 is 0 Å². The van der Waals surface area contributed by atoms with Crippen LogP contribution in [-0.4, -0.2) is 10.5 Å². The van der Waals surface area contributed by atoms with Crippen molar-refractivity contribution in [1.29, 1.82) is 0 Å². The van der Waals surface area contributed by atoms with E-state index < -0.39 is 12.0 Å². The van der Waals surface area contributed by atoms with Gasteiger partial charge in [0.05, 0.1) is 0 Å². The largest absolute Gasteiger partial charge is 0.387 e. The normalized spacial score (nSPS) is 19.3. The van der Waals surface area contributed by atoms with E-state index in [0.29, 0.717) is 12.2 Å². The number of carbonyl (C=O) groups is 1. The summed E-state index contributed by atoms with van der Waals surface area (Å²) in [4.78, 5) is 13.1. The quantitative estimate of drug-likeness (QED) is 0.606. The van der Waals surface area contributed by atoms with Crippen molar-refractivity contribution in [1.82, 2.24) is 4.57 Å². The maximum atomic E-state index is 13.2. The molecule has 0 unspecified atom stereocenters. The summed E-state index contributed by atoms with van der Waals surface area (Å²) in [6.45, 7) is -0.864. The number of nitrogens with zero attached hydrogens (tertiary/aromatic N) is 2. The van der Waals surface area contributed by atoms with Gasteiger partial charge in [-0.15, -0.1) is 0 Å². The molecule has 1 aliphatic rings. The minimum atomic E-state index is -2.57. The summed E-state index contributed by atoms with van der Waals surface area (Å²) in [6.07, 6.45) is 5.40. The molecule has 2 aromatic carbocycles. The van der Waals surface area contributed by atoms with Gasteiger partial charge < -0.3 is 5.73 Å². The molecule has 0 saturated heterocycles. The van der Waals surface area contributed by atoms with Crippen LogP contribution in [0.5, 0.6) is 0 Å². The molecule has 1 fully saturated rings. The molecule has 2 atom stereocenters. The minimum Gasteiger partial charge on any atom is -0.369 e. The van der Waals surface area contributed by atoms with Crippen molar-refractivity contribution in [2.45, 2.75) is 44.2 Å². The third-order valence-electron chi connectivity index (χ3n) is 6.60. The predicted octanol–water partition coefficient (Wildman–Crippen LogP) is 4.29. The van der Waals surface area contributed by atoms with Gasteiger partial charge in [-0.1, -0.05) is 60.7 Å². The summed E-state index contributed by atoms with van der Waals surface area (Å²) in [7, 11) is 0. The molecule has 1 heterocycles. The van der Waals surface area contributed by atoms with Crippen LogP contribution in [0, 0.1) is 12.8 Å². The summed E-state index contributed by atoms with van der Waals surface area (Å²) < 4.78 is 29.3. The molecule has 2 N–H and O–H groups in total. The number of hydrogen-bond acceptors (Lipinski definition) is 1. The summed E-state index contributed by atoms with van der Waals surface area (Å²) >= 11 is 0. The highest BCUT2D eigenvalue weighted by molar-refractivity contribution is 5.91. The van der Waals surface area contributed by atoms with E-state index in [1.165, 1.54) is 6.20 Å². The van der Waals surface area contributed by atoms with Gasteiger partial charge in [0.2, 0.25) is 5.91 Å². The fourth-order valence-electron chi connectivity index (χ4n) is 5.21. The zero-order valence-corrected chi connectivity index (χ0v) is 16.9. The SMILES string of the molecule is Cc1n(C(F)F)cc[n+]1[C@H]1CC[C@@H](C(C(N)=O)(c2ccccc2)c2ccccc2)C1. The molecule has 1 saturated carbocycles. The van der Waals surface area contributed by atoms with E-state index in [-0.39, 0.29) is 17.9 Å². The Balaban J connectivity index is 1.77. The number of aromatic nitrogens is 2. The van der Waals surface area contributed by atoms with Gasteiger partial charge in [-0.25, -0.2) is 4.57 Å². The molecule has 4 rings (SSSR count). The molecule has 4 nitrogen and oxygen atoms in total. The standard InChI is InChI=1S/C24H25F2N3O/c1-17-28(14-15-29(17)23(25)26)21-13-12-20(16-21)24(22(27)30,18-8-4-2-5-9-18)19-10-6-3-7-11-19/h2-11,14-15,20-21,23H,12-13,16H2,1H3,(H-,27,30)/p+1/t20-,21+/m1/s1. The average Bonchev–Trinajstić information content (AvgIpc) is 3.37. The van der Waals surface area contributed by atoms with Crippen molar-refractivity contribution in [3.05, 3.63) is 90.0 Å². The second-order valence-corrected chi connectivity index (χ2v) is 8.01. The lowest BCUT2D eigenvalue weighted by Gasteiger charge is -2.37. The first-order chi connectivity index (χ1) is 14.5. The molecule has 156 valence electrons. The number of benzene rings is 2. The first kappa shape index (κ1) is 20.3. The molecule has 1 aliphatic carbocycles. The highest BCUT2D eigenvalue weighted by Crippen LogP contribution is 2.48. The third-order valence-corrected chi connectivity index (χ3v) is 6.60. The van der Waals surface area contributed by atoms with E-state index in [4.69, 9.17) is 5.73 Å². The fraction of sp³-hybridized carbons (Fsp3) is 0.333. The van der Waals surface area contributed by atoms with E-state index >= 15 is 0 Å². The Labute approximate surface area is 175 Å². The van der Waals surface area contributed by atoms with Gasteiger partial charge >= 0.3 is 6.55 Å². The van der Waals surface area contributed by atoms with E-state index in [1.807, 2.05) is 65.2 Å². The first-order valence-electron chi connectivity index (χ1n) is 10.2. The van der Waals surface area contributed by atoms with Crippen LogP contribution in [0.4, 0.5) is 8.78 Å². The summed E-state index contributed by atoms with van der Waals surface area (Å²) in [5.41, 5.74) is 6.92. The smallest absolute Gasteiger partial charge is 0.369 e. The van der Waals surface area contributed by atoms with E-state index in [2.05, 4.69) is 0 Å². The topological polar surface area (TPSA) is 51.9 Å². The molecule has 6 heteroatoms. The van der Waals surface area contributed by atoms with Crippen LogP contribution in [0.25, 0.3) is 0 Å². The zero-order valence-electron chi connectivity index (χ0n) is 16.9. The molecule has 0 spiro atoms. The molecule has 1 amide bonds. The molecule has 3 aromatic rings. The highest BCUT2D eigenvalue weighted by atomic mass is 19.3. The third kappa shape index (κ3) is 3.20. The molecule has 1 aromatic heterocycles. The number of imidazole rings is 1. The van der Waals surface area contributed by atoms with Crippen LogP contribution in [0.1, 0.15) is 48.8 Å². The Hall–Kier alpha value is -3.02. The Morgan fingerprint density at radius 3 is 2.10 bits per heavy atom. The second kappa shape index (κ2) is 8.01. The van der Waals surface area contributed by atoms with Gasteiger partial charge in [0.25, 0.3) is 5.82 Å².